The van der Waals surface area contributed by atoms with Crippen LogP contribution in [0.4, 0.5) is 0 Å². The van der Waals surface area contributed by atoms with Crippen LogP contribution in [0.5, 0.6) is 0 Å². The minimum absolute atomic E-state index is 0.250. The van der Waals surface area contributed by atoms with E-state index in [9.17, 15) is 15.0 Å². The highest BCUT2D eigenvalue weighted by Crippen LogP contribution is 2.27. The first-order valence-electron chi connectivity index (χ1n) is 20.1. The molecule has 0 bridgehead atoms. The van der Waals surface area contributed by atoms with E-state index in [4.69, 9.17) is 17.0 Å². The van der Waals surface area contributed by atoms with Crippen molar-refractivity contribution in [1.29, 1.82) is 0 Å². The molecule has 45 heavy (non-hydrogen) atoms. The number of ether oxygens (including phenoxy) is 1. The second kappa shape index (κ2) is 34.6. The number of unbranched alkanes of at least 4 members (excludes halogenated alkanes) is 30. The Hall–Kier alpha value is -0.680. The van der Waals surface area contributed by atoms with Crippen LogP contribution in [0.25, 0.3) is 0 Å². The predicted molar refractivity (Wildman–Crippen MR) is 200 cm³/mol. The van der Waals surface area contributed by atoms with Gasteiger partial charge in [-0.1, -0.05) is 213 Å². The zero-order valence-electron chi connectivity index (χ0n) is 30.4. The van der Waals surface area contributed by atoms with Crippen molar-refractivity contribution in [1.82, 2.24) is 0 Å². The molecule has 0 radical (unpaired) electrons. The van der Waals surface area contributed by atoms with E-state index in [0.29, 0.717) is 13.0 Å². The molecule has 0 aliphatic rings. The van der Waals surface area contributed by atoms with Crippen LogP contribution in [0.15, 0.2) is 0 Å². The van der Waals surface area contributed by atoms with Crippen LogP contribution in [-0.4, -0.2) is 33.4 Å². The minimum atomic E-state index is -1.22. The smallest absolute Gasteiger partial charge is 0.306 e. The summed E-state index contributed by atoms with van der Waals surface area (Å²) >= 11 is 5.14. The first-order valence-corrected chi connectivity index (χ1v) is 20.5. The quantitative estimate of drug-likeness (QED) is 0.0512. The molecule has 0 saturated heterocycles. The molecule has 268 valence electrons. The van der Waals surface area contributed by atoms with E-state index < -0.39 is 11.6 Å². The van der Waals surface area contributed by atoms with Gasteiger partial charge in [0.05, 0.1) is 6.42 Å². The van der Waals surface area contributed by atoms with Gasteiger partial charge in [-0.3, -0.25) is 4.79 Å². The van der Waals surface area contributed by atoms with Crippen LogP contribution in [0, 0.1) is 0 Å². The summed E-state index contributed by atoms with van der Waals surface area (Å²) in [7, 11) is 0. The van der Waals surface area contributed by atoms with Gasteiger partial charge in [-0.15, -0.1) is 0 Å². The number of carboxylic acid groups (broad SMARTS) is 1. The number of hydrogen-bond acceptors (Lipinski definition) is 3. The first-order chi connectivity index (χ1) is 22.0. The zero-order chi connectivity index (χ0) is 33.1. The van der Waals surface area contributed by atoms with Gasteiger partial charge in [0.15, 0.2) is 5.05 Å². The summed E-state index contributed by atoms with van der Waals surface area (Å²) in [6, 6.07) is 0. The predicted octanol–water partition coefficient (Wildman–Crippen LogP) is 14.0. The van der Waals surface area contributed by atoms with Crippen LogP contribution in [0.1, 0.15) is 232 Å². The number of aliphatic carboxylic acids is 1. The highest BCUT2D eigenvalue weighted by atomic mass is 32.1. The number of aliphatic hydroxyl groups is 1. The van der Waals surface area contributed by atoms with Gasteiger partial charge >= 0.3 is 5.97 Å². The molecule has 5 heteroatoms. The van der Waals surface area contributed by atoms with E-state index >= 15 is 0 Å². The third-order valence-electron chi connectivity index (χ3n) is 9.64. The molecule has 2 N–H and O–H groups in total. The van der Waals surface area contributed by atoms with Gasteiger partial charge in [0, 0.05) is 6.61 Å². The van der Waals surface area contributed by atoms with E-state index in [1.807, 2.05) is 0 Å². The Kier molecular flexibility index (Phi) is 34.1. The summed E-state index contributed by atoms with van der Waals surface area (Å²) in [5.74, 6) is -0.963. The van der Waals surface area contributed by atoms with E-state index in [1.54, 1.807) is 0 Å². The molecule has 0 aromatic rings. The minimum Gasteiger partial charge on any atom is -0.500 e. The molecule has 0 spiro atoms. The lowest BCUT2D eigenvalue weighted by atomic mass is 9.92. The maximum Gasteiger partial charge on any atom is 0.306 e. The third-order valence-corrected chi connectivity index (χ3v) is 10.0. The van der Waals surface area contributed by atoms with Crippen molar-refractivity contribution < 1.29 is 19.7 Å². The topological polar surface area (TPSA) is 66.8 Å². The summed E-state index contributed by atoms with van der Waals surface area (Å²) < 4.78 is 6.07. The van der Waals surface area contributed by atoms with Gasteiger partial charge in [0.1, 0.15) is 5.60 Å². The van der Waals surface area contributed by atoms with E-state index in [2.05, 4.69) is 13.8 Å². The van der Waals surface area contributed by atoms with Gasteiger partial charge in [0.2, 0.25) is 0 Å². The molecular weight excluding hydrogens is 577 g/mol. The van der Waals surface area contributed by atoms with Gasteiger partial charge in [-0.25, -0.2) is 0 Å². The number of hydrogen-bond donors (Lipinski definition) is 2. The molecule has 1 atom stereocenters. The molecule has 0 fully saturated rings. The van der Waals surface area contributed by atoms with Crippen molar-refractivity contribution in [3.63, 3.8) is 0 Å². The van der Waals surface area contributed by atoms with Crippen LogP contribution >= 0.6 is 12.2 Å². The van der Waals surface area contributed by atoms with E-state index in [-0.39, 0.29) is 11.5 Å². The lowest BCUT2D eigenvalue weighted by Gasteiger charge is -2.30. The molecule has 0 aliphatic heterocycles. The number of thiocarbonyl (C=S) groups is 1. The van der Waals surface area contributed by atoms with Crippen molar-refractivity contribution in [2.75, 3.05) is 6.61 Å². The van der Waals surface area contributed by atoms with E-state index in [0.717, 1.165) is 32.1 Å². The normalized spacial score (nSPS) is 12.8. The maximum atomic E-state index is 11.6. The van der Waals surface area contributed by atoms with E-state index in [1.165, 1.54) is 173 Å². The standard InChI is InChI=1S/C40H78O4S/c1-3-5-7-9-11-13-15-17-19-21-23-25-27-29-31-33-35-40(39(43)45,37-38(41)42)44-36-34-32-30-28-26-24-22-20-18-16-14-12-10-8-6-4-2/h3-37H2,1-2H3,(H,41,42)(H,43,45). The SMILES string of the molecule is CCCCCCCCCCCCCCCCCCOC(CCCCCCCCCCCCCCCCCC)(CC(=O)O)C(O)=S. The fraction of sp³-hybridized carbons (Fsp3) is 0.950. The molecule has 0 rings (SSSR count). The summed E-state index contributed by atoms with van der Waals surface area (Å²) in [4.78, 5) is 11.6. The van der Waals surface area contributed by atoms with Gasteiger partial charge < -0.3 is 14.9 Å². The van der Waals surface area contributed by atoms with Crippen molar-refractivity contribution in [3.8, 4) is 0 Å². The van der Waals surface area contributed by atoms with Crippen molar-refractivity contribution >= 4 is 23.2 Å². The Labute approximate surface area is 286 Å². The highest BCUT2D eigenvalue weighted by Gasteiger charge is 2.38. The largest absolute Gasteiger partial charge is 0.500 e. The van der Waals surface area contributed by atoms with Crippen LogP contribution in [0.3, 0.4) is 0 Å². The molecule has 0 amide bonds. The average Bonchev–Trinajstić information content (AvgIpc) is 3.01. The summed E-state index contributed by atoms with van der Waals surface area (Å²) in [5.41, 5.74) is -1.22. The third kappa shape index (κ3) is 30.4. The fourth-order valence-corrected chi connectivity index (χ4v) is 6.81. The Morgan fingerprint density at radius 1 is 0.467 bits per heavy atom. The molecular formula is C40H78O4S. The average molecular weight is 655 g/mol. The van der Waals surface area contributed by atoms with Gasteiger partial charge in [0.25, 0.3) is 0 Å². The molecule has 1 unspecified atom stereocenters. The number of aliphatic hydroxyl groups excluding tert-OH is 1. The molecule has 4 nitrogen and oxygen atoms in total. The molecule has 0 aliphatic carbocycles. The lowest BCUT2D eigenvalue weighted by Crippen LogP contribution is -2.43. The maximum absolute atomic E-state index is 11.6. The molecule has 0 heterocycles. The van der Waals surface area contributed by atoms with Crippen molar-refractivity contribution in [2.45, 2.75) is 238 Å². The van der Waals surface area contributed by atoms with Crippen molar-refractivity contribution in [2.24, 2.45) is 0 Å². The first kappa shape index (κ1) is 44.3. The summed E-state index contributed by atoms with van der Waals surface area (Å²) in [6.45, 7) is 5.02. The zero-order valence-corrected chi connectivity index (χ0v) is 31.2. The second-order valence-electron chi connectivity index (χ2n) is 14.1. The Morgan fingerprint density at radius 2 is 0.733 bits per heavy atom. The monoisotopic (exact) mass is 655 g/mol. The Bertz CT molecular complexity index is 640. The lowest BCUT2D eigenvalue weighted by molar-refractivity contribution is -0.143. The Morgan fingerprint density at radius 3 is 1.00 bits per heavy atom. The van der Waals surface area contributed by atoms with Crippen LogP contribution in [0.2, 0.25) is 0 Å². The van der Waals surface area contributed by atoms with Gasteiger partial charge in [-0.2, -0.15) is 0 Å². The molecule has 0 aromatic carbocycles. The summed E-state index contributed by atoms with van der Waals surface area (Å²) in [6.07, 6.45) is 42.0. The summed E-state index contributed by atoms with van der Waals surface area (Å²) in [5, 5.41) is 19.6. The Balaban J connectivity index is 3.85. The molecule has 0 saturated carbocycles. The van der Waals surface area contributed by atoms with Crippen LogP contribution < -0.4 is 0 Å². The van der Waals surface area contributed by atoms with Gasteiger partial charge in [-0.05, 0) is 25.1 Å². The molecule has 0 aromatic heterocycles. The van der Waals surface area contributed by atoms with Crippen molar-refractivity contribution in [3.05, 3.63) is 0 Å². The number of rotatable bonds is 38. The fourth-order valence-electron chi connectivity index (χ4n) is 6.58. The number of carbonyl (C=O) groups is 1. The second-order valence-corrected chi connectivity index (χ2v) is 14.5. The number of carboxylic acids is 1. The highest BCUT2D eigenvalue weighted by molar-refractivity contribution is 7.80. The van der Waals surface area contributed by atoms with Crippen LogP contribution in [-0.2, 0) is 9.53 Å².